The summed E-state index contributed by atoms with van der Waals surface area (Å²) in [5.41, 5.74) is 0.567. The lowest BCUT2D eigenvalue weighted by Crippen LogP contribution is -2.50. The summed E-state index contributed by atoms with van der Waals surface area (Å²) < 4.78 is 24.7. The van der Waals surface area contributed by atoms with Crippen LogP contribution in [-0.4, -0.2) is 76.5 Å². The molecule has 2 aromatic rings. The minimum Gasteiger partial charge on any atom is -0.297 e. The first-order valence-corrected chi connectivity index (χ1v) is 11.1. The number of piperazine rings is 1. The van der Waals surface area contributed by atoms with E-state index in [0.29, 0.717) is 28.7 Å². The number of aryl methyl sites for hydroxylation is 1. The molecule has 0 unspecified atom stereocenters. The van der Waals surface area contributed by atoms with Crippen LogP contribution in [0.1, 0.15) is 17.1 Å². The Hall–Kier alpha value is -1.36. The van der Waals surface area contributed by atoms with Crippen LogP contribution in [0.15, 0.2) is 10.9 Å². The first-order valence-electron chi connectivity index (χ1n) is 8.43. The fourth-order valence-electron chi connectivity index (χ4n) is 3.57. The third kappa shape index (κ3) is 3.62. The number of hydrogen-bond donors (Lipinski definition) is 0. The predicted molar refractivity (Wildman–Crippen MR) is 95.8 cm³/mol. The van der Waals surface area contributed by atoms with Gasteiger partial charge in [0.15, 0.2) is 9.84 Å². The fourth-order valence-corrected chi connectivity index (χ4v) is 6.31. The summed E-state index contributed by atoms with van der Waals surface area (Å²) >= 11 is 1.45. The van der Waals surface area contributed by atoms with E-state index in [1.807, 2.05) is 6.92 Å². The van der Waals surface area contributed by atoms with E-state index in [9.17, 15) is 13.2 Å². The zero-order chi connectivity index (χ0) is 17.6. The van der Waals surface area contributed by atoms with Crippen molar-refractivity contribution >= 4 is 26.1 Å². The molecule has 4 rings (SSSR count). The van der Waals surface area contributed by atoms with Gasteiger partial charge < -0.3 is 0 Å². The molecule has 0 amide bonds. The molecule has 136 valence electrons. The lowest BCUT2D eigenvalue weighted by molar-refractivity contribution is 0.0998. The number of nitrogens with zero attached hydrogens (tertiary/aromatic N) is 5. The molecule has 2 fully saturated rings. The zero-order valence-corrected chi connectivity index (χ0v) is 15.7. The summed E-state index contributed by atoms with van der Waals surface area (Å²) in [5, 5.41) is 5.27. The van der Waals surface area contributed by atoms with Gasteiger partial charge in [-0.25, -0.2) is 13.4 Å². The van der Waals surface area contributed by atoms with Gasteiger partial charge >= 0.3 is 0 Å². The molecule has 0 N–H and O–H groups in total. The van der Waals surface area contributed by atoms with Gasteiger partial charge in [-0.3, -0.25) is 14.6 Å². The molecule has 2 aliphatic heterocycles. The maximum absolute atomic E-state index is 11.9. The molecular formula is C15H21N5O3S2. The monoisotopic (exact) mass is 383 g/mol. The topological polar surface area (TPSA) is 87.9 Å². The molecule has 10 heteroatoms. The lowest BCUT2D eigenvalue weighted by Gasteiger charge is -2.37. The summed E-state index contributed by atoms with van der Waals surface area (Å²) in [6.07, 6.45) is 0.758. The van der Waals surface area contributed by atoms with E-state index in [4.69, 9.17) is 0 Å². The van der Waals surface area contributed by atoms with Gasteiger partial charge in [0.05, 0.1) is 18.1 Å². The Morgan fingerprint density at radius 1 is 1.28 bits per heavy atom. The summed E-state index contributed by atoms with van der Waals surface area (Å²) in [5.74, 6) is 0.629. The number of sulfone groups is 1. The maximum atomic E-state index is 11.9. The highest BCUT2D eigenvalue weighted by molar-refractivity contribution is 7.91. The van der Waals surface area contributed by atoms with E-state index in [1.54, 1.807) is 0 Å². The van der Waals surface area contributed by atoms with Gasteiger partial charge in [0, 0.05) is 44.0 Å². The molecule has 0 spiro atoms. The Labute approximate surface area is 150 Å². The molecule has 0 radical (unpaired) electrons. The summed E-state index contributed by atoms with van der Waals surface area (Å²) in [6, 6.07) is 1.67. The normalized spacial score (nSPS) is 24.9. The predicted octanol–water partition coefficient (Wildman–Crippen LogP) is -0.236. The molecule has 0 saturated carbocycles. The van der Waals surface area contributed by atoms with E-state index < -0.39 is 9.84 Å². The van der Waals surface area contributed by atoms with Crippen molar-refractivity contribution in [3.05, 3.63) is 27.1 Å². The molecule has 25 heavy (non-hydrogen) atoms. The third-order valence-electron chi connectivity index (χ3n) is 4.91. The highest BCUT2D eigenvalue weighted by Crippen LogP contribution is 2.20. The number of hydrogen-bond acceptors (Lipinski definition) is 8. The van der Waals surface area contributed by atoms with Gasteiger partial charge in [-0.1, -0.05) is 11.3 Å². The highest BCUT2D eigenvalue weighted by atomic mass is 32.2. The number of aromatic nitrogens is 3. The van der Waals surface area contributed by atoms with Crippen molar-refractivity contribution in [3.8, 4) is 0 Å². The second-order valence-corrected chi connectivity index (χ2v) is 10.1. The molecule has 0 aromatic carbocycles. The van der Waals surface area contributed by atoms with Crippen molar-refractivity contribution in [1.82, 2.24) is 24.4 Å². The molecular weight excluding hydrogens is 362 g/mol. The van der Waals surface area contributed by atoms with Crippen LogP contribution in [0.4, 0.5) is 0 Å². The summed E-state index contributed by atoms with van der Waals surface area (Å²) in [6.45, 7) is 6.03. The van der Waals surface area contributed by atoms with Gasteiger partial charge in [0.2, 0.25) is 4.96 Å². The number of rotatable bonds is 3. The molecule has 4 heterocycles. The van der Waals surface area contributed by atoms with Crippen molar-refractivity contribution in [2.45, 2.75) is 25.9 Å². The number of fused-ring (bicyclic) bond motifs is 1. The summed E-state index contributed by atoms with van der Waals surface area (Å²) in [7, 11) is -2.83. The quantitative estimate of drug-likeness (QED) is 0.723. The standard InChI is InChI=1S/C15H21N5O3S2/c1-11-8-14(21)20-15(16-11)24-13(17-20)9-18-3-5-19(6-4-18)12-2-7-25(22,23)10-12/h8,12H,2-7,9-10H2,1H3/t12-/m1/s1. The molecule has 1 atom stereocenters. The Balaban J connectivity index is 1.39. The third-order valence-corrected chi connectivity index (χ3v) is 7.55. The second kappa shape index (κ2) is 6.42. The van der Waals surface area contributed by atoms with Crippen molar-refractivity contribution in [1.29, 1.82) is 0 Å². The van der Waals surface area contributed by atoms with Gasteiger partial charge in [0.1, 0.15) is 5.01 Å². The van der Waals surface area contributed by atoms with Crippen molar-refractivity contribution in [3.63, 3.8) is 0 Å². The average Bonchev–Trinajstić information content (AvgIpc) is 3.11. The van der Waals surface area contributed by atoms with Crippen LogP contribution < -0.4 is 5.56 Å². The molecule has 0 bridgehead atoms. The van der Waals surface area contributed by atoms with Crippen LogP contribution in [0.2, 0.25) is 0 Å². The van der Waals surface area contributed by atoms with Crippen molar-refractivity contribution in [2.24, 2.45) is 0 Å². The van der Waals surface area contributed by atoms with Crippen LogP contribution >= 0.6 is 11.3 Å². The molecule has 0 aliphatic carbocycles. The Morgan fingerprint density at radius 2 is 2.04 bits per heavy atom. The minimum absolute atomic E-state index is 0.141. The lowest BCUT2D eigenvalue weighted by atomic mass is 10.2. The van der Waals surface area contributed by atoms with Crippen LogP contribution in [0.3, 0.4) is 0 Å². The first-order chi connectivity index (χ1) is 11.9. The molecule has 8 nitrogen and oxygen atoms in total. The Kier molecular flexibility index (Phi) is 4.38. The Morgan fingerprint density at radius 3 is 2.72 bits per heavy atom. The first kappa shape index (κ1) is 17.1. The summed E-state index contributed by atoms with van der Waals surface area (Å²) in [4.78, 5) is 21.5. The smallest absolute Gasteiger partial charge is 0.275 e. The highest BCUT2D eigenvalue weighted by Gasteiger charge is 2.33. The van der Waals surface area contributed by atoms with Crippen molar-refractivity contribution in [2.75, 3.05) is 37.7 Å². The minimum atomic E-state index is -2.83. The van der Waals surface area contributed by atoms with E-state index in [2.05, 4.69) is 19.9 Å². The van der Waals surface area contributed by atoms with Crippen LogP contribution in [-0.2, 0) is 16.4 Å². The van der Waals surface area contributed by atoms with Crippen LogP contribution in [0.25, 0.3) is 4.96 Å². The molecule has 2 saturated heterocycles. The van der Waals surface area contributed by atoms with Gasteiger partial charge in [-0.15, -0.1) is 0 Å². The second-order valence-electron chi connectivity index (χ2n) is 6.79. The molecule has 2 aromatic heterocycles. The van der Waals surface area contributed by atoms with Gasteiger partial charge in [0.25, 0.3) is 5.56 Å². The van der Waals surface area contributed by atoms with Crippen LogP contribution in [0.5, 0.6) is 0 Å². The Bertz CT molecular complexity index is 944. The maximum Gasteiger partial charge on any atom is 0.275 e. The average molecular weight is 383 g/mol. The zero-order valence-electron chi connectivity index (χ0n) is 14.1. The SMILES string of the molecule is Cc1cc(=O)n2nc(CN3CCN([C@@H]4CCS(=O)(=O)C4)CC3)sc2n1. The van der Waals surface area contributed by atoms with Crippen molar-refractivity contribution < 1.29 is 8.42 Å². The fraction of sp³-hybridized carbons (Fsp3) is 0.667. The van der Waals surface area contributed by atoms with E-state index >= 15 is 0 Å². The van der Waals surface area contributed by atoms with E-state index in [-0.39, 0.29) is 11.6 Å². The molecule has 2 aliphatic rings. The van der Waals surface area contributed by atoms with Crippen LogP contribution in [0, 0.1) is 6.92 Å². The largest absolute Gasteiger partial charge is 0.297 e. The van der Waals surface area contributed by atoms with E-state index in [0.717, 1.165) is 37.6 Å². The van der Waals surface area contributed by atoms with E-state index in [1.165, 1.54) is 21.9 Å². The van der Waals surface area contributed by atoms with Gasteiger partial charge in [-0.05, 0) is 13.3 Å². The van der Waals surface area contributed by atoms with Gasteiger partial charge in [-0.2, -0.15) is 9.61 Å².